The Morgan fingerprint density at radius 2 is 2.31 bits per heavy atom. The van der Waals surface area contributed by atoms with E-state index in [9.17, 15) is 4.79 Å². The van der Waals surface area contributed by atoms with E-state index in [-0.39, 0.29) is 12.1 Å². The number of aryl methyl sites for hydroxylation is 1. The van der Waals surface area contributed by atoms with Crippen molar-refractivity contribution in [3.8, 4) is 0 Å². The molecule has 13 heavy (non-hydrogen) atoms. The fraction of sp³-hybridized carbons (Fsp3) is 0.250. The molecule has 0 amide bonds. The van der Waals surface area contributed by atoms with Crippen molar-refractivity contribution >= 4 is 11.7 Å². The zero-order valence-electron chi connectivity index (χ0n) is 7.02. The van der Waals surface area contributed by atoms with Crippen LogP contribution in [0.5, 0.6) is 0 Å². The van der Waals surface area contributed by atoms with Crippen LogP contribution in [0.2, 0.25) is 0 Å². The summed E-state index contributed by atoms with van der Waals surface area (Å²) in [6.07, 6.45) is -0.0142. The monoisotopic (exact) mass is 183 g/mol. The Morgan fingerprint density at radius 1 is 1.62 bits per heavy atom. The fourth-order valence-electron chi connectivity index (χ4n) is 0.899. The van der Waals surface area contributed by atoms with E-state index >= 15 is 0 Å². The van der Waals surface area contributed by atoms with Crippen LogP contribution in [0.3, 0.4) is 0 Å². The largest absolute Gasteiger partial charge is 0.477 e. The van der Waals surface area contributed by atoms with Gasteiger partial charge in [-0.1, -0.05) is 5.16 Å². The Bertz CT molecular complexity index is 340. The molecule has 0 radical (unpaired) electrons. The van der Waals surface area contributed by atoms with Crippen LogP contribution < -0.4 is 0 Å². The van der Waals surface area contributed by atoms with Crippen LogP contribution in [0.1, 0.15) is 11.5 Å². The van der Waals surface area contributed by atoms with E-state index in [1.807, 2.05) is 0 Å². The summed E-state index contributed by atoms with van der Waals surface area (Å²) in [7, 11) is 0. The molecule has 1 heterocycles. The normalized spacial score (nSPS) is 11.6. The lowest BCUT2D eigenvalue weighted by Crippen LogP contribution is -2.15. The second kappa shape index (κ2) is 3.75. The number of carboxylic acids is 1. The molecule has 0 atom stereocenters. The van der Waals surface area contributed by atoms with Gasteiger partial charge in [-0.25, -0.2) is 4.79 Å². The number of rotatable bonds is 3. The molecule has 5 heteroatoms. The summed E-state index contributed by atoms with van der Waals surface area (Å²) >= 11 is 0. The minimum atomic E-state index is -1.25. The van der Waals surface area contributed by atoms with E-state index in [1.54, 1.807) is 19.1 Å². The molecular formula is C8H9NO4. The predicted octanol–water partition coefficient (Wildman–Crippen LogP) is 1.05. The highest BCUT2D eigenvalue weighted by molar-refractivity contribution is 6.35. The smallest absolute Gasteiger partial charge is 0.354 e. The molecule has 2 N–H and O–H groups in total. The lowest BCUT2D eigenvalue weighted by atomic mass is 10.2. The van der Waals surface area contributed by atoms with E-state index in [0.717, 1.165) is 0 Å². The SMILES string of the molecule is Cc1ccc(C/C(=N/O)C(=O)O)o1. The maximum atomic E-state index is 10.4. The van der Waals surface area contributed by atoms with Gasteiger partial charge in [0.2, 0.25) is 0 Å². The van der Waals surface area contributed by atoms with Crippen LogP contribution in [0.4, 0.5) is 0 Å². The molecule has 0 aliphatic rings. The Balaban J connectivity index is 2.73. The Labute approximate surface area is 74.3 Å². The lowest BCUT2D eigenvalue weighted by Gasteiger charge is -1.94. The first-order valence-corrected chi connectivity index (χ1v) is 3.63. The van der Waals surface area contributed by atoms with Gasteiger partial charge in [0.25, 0.3) is 0 Å². The summed E-state index contributed by atoms with van der Waals surface area (Å²) in [5.74, 6) is -0.0954. The number of furan rings is 1. The van der Waals surface area contributed by atoms with E-state index in [1.165, 1.54) is 0 Å². The Kier molecular flexibility index (Phi) is 2.69. The third kappa shape index (κ3) is 2.33. The van der Waals surface area contributed by atoms with Crippen LogP contribution >= 0.6 is 0 Å². The van der Waals surface area contributed by atoms with Crippen LogP contribution in [0.15, 0.2) is 21.7 Å². The van der Waals surface area contributed by atoms with Gasteiger partial charge < -0.3 is 14.7 Å². The van der Waals surface area contributed by atoms with Crippen LogP contribution in [-0.2, 0) is 11.2 Å². The maximum Gasteiger partial charge on any atom is 0.354 e. The molecule has 1 aromatic rings. The third-order valence-electron chi connectivity index (χ3n) is 1.51. The second-order valence-corrected chi connectivity index (χ2v) is 2.54. The molecule has 0 fully saturated rings. The van der Waals surface area contributed by atoms with E-state index in [4.69, 9.17) is 14.7 Å². The maximum absolute atomic E-state index is 10.4. The van der Waals surface area contributed by atoms with Gasteiger partial charge in [0.15, 0.2) is 5.71 Å². The van der Waals surface area contributed by atoms with Crippen LogP contribution in [0.25, 0.3) is 0 Å². The molecular weight excluding hydrogens is 174 g/mol. The van der Waals surface area contributed by atoms with Gasteiger partial charge in [-0.2, -0.15) is 0 Å². The minimum absolute atomic E-state index is 0.0142. The standard InChI is InChI=1S/C8H9NO4/c1-5-2-3-6(13-5)4-7(9-12)8(10)11/h2-3,12H,4H2,1H3,(H,10,11)/b9-7-. The van der Waals surface area contributed by atoms with Gasteiger partial charge in [-0.3, -0.25) is 0 Å². The molecule has 0 saturated carbocycles. The average Bonchev–Trinajstić information content (AvgIpc) is 2.46. The summed E-state index contributed by atoms with van der Waals surface area (Å²) in [6.45, 7) is 1.75. The van der Waals surface area contributed by atoms with Crippen molar-refractivity contribution in [3.05, 3.63) is 23.7 Å². The molecule has 1 aromatic heterocycles. The van der Waals surface area contributed by atoms with Crippen LogP contribution in [-0.4, -0.2) is 22.0 Å². The van der Waals surface area contributed by atoms with Gasteiger partial charge in [-0.15, -0.1) is 0 Å². The van der Waals surface area contributed by atoms with Crippen molar-refractivity contribution in [2.24, 2.45) is 5.16 Å². The van der Waals surface area contributed by atoms with Gasteiger partial charge in [-0.05, 0) is 19.1 Å². The zero-order valence-corrected chi connectivity index (χ0v) is 7.02. The number of carboxylic acid groups (broad SMARTS) is 1. The summed E-state index contributed by atoms with van der Waals surface area (Å²) in [6, 6.07) is 3.36. The van der Waals surface area contributed by atoms with Crippen molar-refractivity contribution in [1.82, 2.24) is 0 Å². The first-order valence-electron chi connectivity index (χ1n) is 3.63. The van der Waals surface area contributed by atoms with Crippen molar-refractivity contribution in [2.75, 3.05) is 0 Å². The first kappa shape index (κ1) is 9.31. The zero-order chi connectivity index (χ0) is 9.84. The quantitative estimate of drug-likeness (QED) is 0.416. The third-order valence-corrected chi connectivity index (χ3v) is 1.51. The molecule has 0 bridgehead atoms. The van der Waals surface area contributed by atoms with Crippen molar-refractivity contribution < 1.29 is 19.5 Å². The predicted molar refractivity (Wildman–Crippen MR) is 44.0 cm³/mol. The molecule has 70 valence electrons. The average molecular weight is 183 g/mol. The highest BCUT2D eigenvalue weighted by atomic mass is 16.4. The fourth-order valence-corrected chi connectivity index (χ4v) is 0.899. The summed E-state index contributed by atoms with van der Waals surface area (Å²) < 4.78 is 5.11. The topological polar surface area (TPSA) is 83.0 Å². The van der Waals surface area contributed by atoms with Crippen LogP contribution in [0, 0.1) is 6.92 Å². The summed E-state index contributed by atoms with van der Waals surface area (Å²) in [5, 5.41) is 19.5. The van der Waals surface area contributed by atoms with E-state index in [2.05, 4.69) is 5.16 Å². The van der Waals surface area contributed by atoms with Crippen molar-refractivity contribution in [3.63, 3.8) is 0 Å². The molecule has 0 spiro atoms. The van der Waals surface area contributed by atoms with Crippen molar-refractivity contribution in [2.45, 2.75) is 13.3 Å². The number of nitrogens with zero attached hydrogens (tertiary/aromatic N) is 1. The molecule has 1 rings (SSSR count). The van der Waals surface area contributed by atoms with E-state index < -0.39 is 5.97 Å². The molecule has 0 aliphatic heterocycles. The number of hydrogen-bond acceptors (Lipinski definition) is 4. The number of carbonyl (C=O) groups is 1. The molecule has 0 saturated heterocycles. The highest BCUT2D eigenvalue weighted by Crippen LogP contribution is 2.07. The first-order chi connectivity index (χ1) is 6.13. The summed E-state index contributed by atoms with van der Waals surface area (Å²) in [4.78, 5) is 10.4. The Morgan fingerprint density at radius 3 is 2.69 bits per heavy atom. The molecule has 0 aromatic carbocycles. The van der Waals surface area contributed by atoms with Gasteiger partial charge >= 0.3 is 5.97 Å². The van der Waals surface area contributed by atoms with Crippen molar-refractivity contribution in [1.29, 1.82) is 0 Å². The van der Waals surface area contributed by atoms with Gasteiger partial charge in [0, 0.05) is 0 Å². The van der Waals surface area contributed by atoms with Gasteiger partial charge in [0.05, 0.1) is 6.42 Å². The highest BCUT2D eigenvalue weighted by Gasteiger charge is 2.12. The molecule has 5 nitrogen and oxygen atoms in total. The van der Waals surface area contributed by atoms with E-state index in [0.29, 0.717) is 11.5 Å². The van der Waals surface area contributed by atoms with Gasteiger partial charge in [0.1, 0.15) is 11.5 Å². The lowest BCUT2D eigenvalue weighted by molar-refractivity contribution is -0.129. The molecule has 0 unspecified atom stereocenters. The number of aliphatic carboxylic acids is 1. The minimum Gasteiger partial charge on any atom is -0.477 e. The number of oxime groups is 1. The Hall–Kier alpha value is -1.78. The summed E-state index contributed by atoms with van der Waals surface area (Å²) in [5.41, 5.74) is -0.339. The molecule has 0 aliphatic carbocycles. The second-order valence-electron chi connectivity index (χ2n) is 2.54. The number of hydrogen-bond donors (Lipinski definition) is 2.